The van der Waals surface area contributed by atoms with Crippen molar-refractivity contribution in [2.75, 3.05) is 26.2 Å². The molecule has 1 atom stereocenters. The third-order valence-electron chi connectivity index (χ3n) is 3.33. The molecule has 0 amide bonds. The van der Waals surface area contributed by atoms with Crippen LogP contribution < -0.4 is 5.32 Å². The Balaban J connectivity index is 1.93. The maximum absolute atomic E-state index is 3.54. The average molecular weight is 208 g/mol. The zero-order valence-electron chi connectivity index (χ0n) is 8.33. The van der Waals surface area contributed by atoms with Crippen molar-refractivity contribution in [3.05, 3.63) is 21.9 Å². The van der Waals surface area contributed by atoms with Crippen molar-refractivity contribution in [1.29, 1.82) is 0 Å². The van der Waals surface area contributed by atoms with E-state index in [0.29, 0.717) is 6.04 Å². The molecule has 1 saturated heterocycles. The maximum Gasteiger partial charge on any atom is 0.0569 e. The Morgan fingerprint density at radius 1 is 1.43 bits per heavy atom. The van der Waals surface area contributed by atoms with Crippen molar-refractivity contribution in [3.63, 3.8) is 0 Å². The van der Waals surface area contributed by atoms with Gasteiger partial charge in [-0.05, 0) is 36.4 Å². The van der Waals surface area contributed by atoms with Gasteiger partial charge in [0.1, 0.15) is 0 Å². The van der Waals surface area contributed by atoms with Gasteiger partial charge in [-0.3, -0.25) is 4.90 Å². The minimum atomic E-state index is 0.668. The molecule has 0 saturated carbocycles. The number of nitrogens with zero attached hydrogens (tertiary/aromatic N) is 1. The molecule has 1 unspecified atom stereocenters. The van der Waals surface area contributed by atoms with Crippen molar-refractivity contribution >= 4 is 11.3 Å². The summed E-state index contributed by atoms with van der Waals surface area (Å²) in [6.07, 6.45) is 2.56. The first kappa shape index (κ1) is 8.89. The normalized spacial score (nSPS) is 27.9. The molecule has 1 N–H and O–H groups in total. The fraction of sp³-hybridized carbons (Fsp3) is 0.636. The summed E-state index contributed by atoms with van der Waals surface area (Å²) < 4.78 is 0. The fourth-order valence-corrected chi connectivity index (χ4v) is 3.66. The Bertz CT molecular complexity index is 321. The Hall–Kier alpha value is -0.380. The molecule has 3 heterocycles. The molecule has 0 radical (unpaired) electrons. The Morgan fingerprint density at radius 3 is 3.43 bits per heavy atom. The predicted octanol–water partition coefficient (Wildman–Crippen LogP) is 1.64. The second-order valence-corrected chi connectivity index (χ2v) is 5.12. The molecule has 3 heteroatoms. The lowest BCUT2D eigenvalue weighted by molar-refractivity contribution is 0.202. The van der Waals surface area contributed by atoms with E-state index in [2.05, 4.69) is 21.7 Å². The molecule has 2 aliphatic rings. The number of rotatable bonds is 0. The Morgan fingerprint density at radius 2 is 2.43 bits per heavy atom. The molecular formula is C11H16N2S. The zero-order chi connectivity index (χ0) is 9.38. The van der Waals surface area contributed by atoms with Crippen molar-refractivity contribution in [3.8, 4) is 0 Å². The van der Waals surface area contributed by atoms with Crippen molar-refractivity contribution in [1.82, 2.24) is 10.2 Å². The van der Waals surface area contributed by atoms with Crippen molar-refractivity contribution in [2.24, 2.45) is 0 Å². The lowest BCUT2D eigenvalue weighted by atomic mass is 10.0. The third-order valence-corrected chi connectivity index (χ3v) is 4.39. The van der Waals surface area contributed by atoms with Crippen LogP contribution in [0.15, 0.2) is 11.4 Å². The van der Waals surface area contributed by atoms with Crippen molar-refractivity contribution in [2.45, 2.75) is 18.9 Å². The lowest BCUT2D eigenvalue weighted by Crippen LogP contribution is -2.37. The molecule has 2 nitrogen and oxygen atoms in total. The van der Waals surface area contributed by atoms with Crippen LogP contribution >= 0.6 is 11.3 Å². The smallest absolute Gasteiger partial charge is 0.0569 e. The molecule has 0 bridgehead atoms. The summed E-state index contributed by atoms with van der Waals surface area (Å²) in [6.45, 7) is 4.87. The highest BCUT2D eigenvalue weighted by molar-refractivity contribution is 7.10. The van der Waals surface area contributed by atoms with Gasteiger partial charge in [0.05, 0.1) is 6.04 Å². The average Bonchev–Trinajstić information content (AvgIpc) is 2.55. The molecule has 1 fully saturated rings. The number of hydrogen-bond donors (Lipinski definition) is 1. The minimum absolute atomic E-state index is 0.668. The number of hydrogen-bond acceptors (Lipinski definition) is 3. The summed E-state index contributed by atoms with van der Waals surface area (Å²) in [5.41, 5.74) is 1.60. The first-order valence-electron chi connectivity index (χ1n) is 5.46. The zero-order valence-corrected chi connectivity index (χ0v) is 9.15. The van der Waals surface area contributed by atoms with Crippen LogP contribution in [0.3, 0.4) is 0 Å². The van der Waals surface area contributed by atoms with E-state index >= 15 is 0 Å². The van der Waals surface area contributed by atoms with Crippen molar-refractivity contribution < 1.29 is 0 Å². The molecule has 1 aromatic heterocycles. The topological polar surface area (TPSA) is 15.3 Å². The van der Waals surface area contributed by atoms with Crippen LogP contribution in [0.25, 0.3) is 0 Å². The first-order valence-corrected chi connectivity index (χ1v) is 6.34. The SMILES string of the molecule is c1cc2c(s1)C1CNCCCN1CC2. The van der Waals surface area contributed by atoms with Gasteiger partial charge >= 0.3 is 0 Å². The van der Waals surface area contributed by atoms with Gasteiger partial charge < -0.3 is 5.32 Å². The van der Waals surface area contributed by atoms with E-state index in [-0.39, 0.29) is 0 Å². The molecule has 14 heavy (non-hydrogen) atoms. The van der Waals surface area contributed by atoms with E-state index in [4.69, 9.17) is 0 Å². The second-order valence-electron chi connectivity index (χ2n) is 4.17. The van der Waals surface area contributed by atoms with Gasteiger partial charge in [0.15, 0.2) is 0 Å². The molecular weight excluding hydrogens is 192 g/mol. The fourth-order valence-electron chi connectivity index (χ4n) is 2.57. The molecule has 3 rings (SSSR count). The summed E-state index contributed by atoms with van der Waals surface area (Å²) >= 11 is 1.94. The highest BCUT2D eigenvalue weighted by Crippen LogP contribution is 2.34. The van der Waals surface area contributed by atoms with E-state index in [1.165, 1.54) is 32.5 Å². The third kappa shape index (κ3) is 1.40. The lowest BCUT2D eigenvalue weighted by Gasteiger charge is -2.33. The van der Waals surface area contributed by atoms with Gasteiger partial charge in [-0.2, -0.15) is 0 Å². The van der Waals surface area contributed by atoms with Gasteiger partial charge in [0.25, 0.3) is 0 Å². The van der Waals surface area contributed by atoms with E-state index in [9.17, 15) is 0 Å². The van der Waals surface area contributed by atoms with Crippen LogP contribution in [0.4, 0.5) is 0 Å². The van der Waals surface area contributed by atoms with Gasteiger partial charge in [-0.1, -0.05) is 0 Å². The summed E-state index contributed by atoms with van der Waals surface area (Å²) in [4.78, 5) is 4.27. The first-order chi connectivity index (χ1) is 6.95. The van der Waals surface area contributed by atoms with E-state index < -0.39 is 0 Å². The highest BCUT2D eigenvalue weighted by Gasteiger charge is 2.28. The van der Waals surface area contributed by atoms with Gasteiger partial charge in [0, 0.05) is 24.5 Å². The largest absolute Gasteiger partial charge is 0.315 e. The number of thiophene rings is 1. The van der Waals surface area contributed by atoms with Crippen LogP contribution in [0.1, 0.15) is 22.9 Å². The Kier molecular flexibility index (Phi) is 2.32. The standard InChI is InChI=1S/C11H16N2S/c1-4-12-8-10-11-9(3-7-14-11)2-6-13(10)5-1/h3,7,10,12H,1-2,4-6,8H2. The molecule has 0 aliphatic carbocycles. The van der Waals surface area contributed by atoms with E-state index in [0.717, 1.165) is 6.54 Å². The maximum atomic E-state index is 3.54. The Labute approximate surface area is 88.9 Å². The number of fused-ring (bicyclic) bond motifs is 3. The van der Waals surface area contributed by atoms with Gasteiger partial charge in [-0.25, -0.2) is 0 Å². The van der Waals surface area contributed by atoms with Gasteiger partial charge in [-0.15, -0.1) is 11.3 Å². The molecule has 0 aromatic carbocycles. The highest BCUT2D eigenvalue weighted by atomic mass is 32.1. The van der Waals surface area contributed by atoms with Crippen LogP contribution in [-0.2, 0) is 6.42 Å². The minimum Gasteiger partial charge on any atom is -0.315 e. The number of nitrogens with one attached hydrogen (secondary N) is 1. The monoisotopic (exact) mass is 208 g/mol. The quantitative estimate of drug-likeness (QED) is 0.697. The van der Waals surface area contributed by atoms with Gasteiger partial charge in [0.2, 0.25) is 0 Å². The summed E-state index contributed by atoms with van der Waals surface area (Å²) in [5.74, 6) is 0. The molecule has 1 aromatic rings. The molecule has 2 aliphatic heterocycles. The van der Waals surface area contributed by atoms with Crippen LogP contribution in [-0.4, -0.2) is 31.1 Å². The summed E-state index contributed by atoms with van der Waals surface area (Å²) in [7, 11) is 0. The van der Waals surface area contributed by atoms with E-state index in [1.54, 1.807) is 10.4 Å². The van der Waals surface area contributed by atoms with Crippen LogP contribution in [0.5, 0.6) is 0 Å². The summed E-state index contributed by atoms with van der Waals surface area (Å²) in [5, 5.41) is 5.79. The van der Waals surface area contributed by atoms with Crippen LogP contribution in [0, 0.1) is 0 Å². The molecule has 76 valence electrons. The van der Waals surface area contributed by atoms with E-state index in [1.807, 2.05) is 11.3 Å². The second kappa shape index (κ2) is 3.65. The predicted molar refractivity (Wildman–Crippen MR) is 59.8 cm³/mol. The summed E-state index contributed by atoms with van der Waals surface area (Å²) in [6, 6.07) is 2.98. The van der Waals surface area contributed by atoms with Crippen LogP contribution in [0.2, 0.25) is 0 Å². The molecule has 0 spiro atoms.